The molecule has 0 saturated carbocycles. The summed E-state index contributed by atoms with van der Waals surface area (Å²) in [7, 11) is -4.12. The molecule has 152 valence electrons. The van der Waals surface area contributed by atoms with Crippen LogP contribution in [0, 0.1) is 3.57 Å². The van der Waals surface area contributed by atoms with Crippen LogP contribution in [0.15, 0.2) is 46.2 Å². The lowest BCUT2D eigenvalue weighted by molar-refractivity contribution is -0.115. The van der Waals surface area contributed by atoms with Crippen molar-refractivity contribution in [3.63, 3.8) is 0 Å². The Labute approximate surface area is 190 Å². The van der Waals surface area contributed by atoms with Gasteiger partial charge in [0.1, 0.15) is 4.90 Å². The van der Waals surface area contributed by atoms with E-state index in [1.165, 1.54) is 30.3 Å². The second-order valence-electron chi connectivity index (χ2n) is 5.61. The van der Waals surface area contributed by atoms with Crippen molar-refractivity contribution < 1.29 is 26.9 Å². The average Bonchev–Trinajstić information content (AvgIpc) is 2.95. The second-order valence-corrected chi connectivity index (χ2v) is 9.77. The quantitative estimate of drug-likeness (QED) is 0.314. The smallest absolute Gasteiger partial charge is 0.339 e. The molecular weight excluding hydrogens is 553 g/mol. The van der Waals surface area contributed by atoms with Gasteiger partial charge in [0.05, 0.1) is 15.1 Å². The van der Waals surface area contributed by atoms with Crippen molar-refractivity contribution in [2.45, 2.75) is 11.8 Å². The van der Waals surface area contributed by atoms with Crippen molar-refractivity contribution >= 4 is 73.3 Å². The molecule has 1 saturated heterocycles. The van der Waals surface area contributed by atoms with Gasteiger partial charge in [0.2, 0.25) is 0 Å². The molecule has 1 fully saturated rings. The molecule has 3 rings (SSSR count). The number of benzene rings is 2. The molecule has 0 aliphatic carbocycles. The third-order valence-electron chi connectivity index (χ3n) is 3.57. The van der Waals surface area contributed by atoms with Gasteiger partial charge in [0.25, 0.3) is 11.1 Å². The summed E-state index contributed by atoms with van der Waals surface area (Å²) >= 11 is 8.51. The van der Waals surface area contributed by atoms with E-state index < -0.39 is 21.3 Å². The molecule has 0 unspecified atom stereocenters. The number of nitrogens with one attached hydrogen (secondary N) is 1. The lowest BCUT2D eigenvalue weighted by atomic mass is 10.2. The van der Waals surface area contributed by atoms with E-state index in [1.807, 2.05) is 22.6 Å². The van der Waals surface area contributed by atoms with Crippen molar-refractivity contribution in [1.82, 2.24) is 5.32 Å². The van der Waals surface area contributed by atoms with Crippen LogP contribution >= 0.6 is 46.0 Å². The van der Waals surface area contributed by atoms with E-state index in [0.717, 1.165) is 11.8 Å². The molecule has 11 heteroatoms. The normalized spacial score (nSPS) is 15.5. The summed E-state index contributed by atoms with van der Waals surface area (Å²) in [4.78, 5) is 23.3. The predicted octanol–water partition coefficient (Wildman–Crippen LogP) is 4.43. The first-order chi connectivity index (χ1) is 13.7. The molecule has 2 amide bonds. The van der Waals surface area contributed by atoms with E-state index in [1.54, 1.807) is 19.1 Å². The number of amides is 2. The SMILES string of the molecule is CCOc1cc(/C=C2\SC(=O)NC2=O)cc(I)c1OS(=O)(=O)c1ccc(Cl)cc1. The van der Waals surface area contributed by atoms with Crippen molar-refractivity contribution in [3.8, 4) is 11.5 Å². The van der Waals surface area contributed by atoms with Gasteiger partial charge in [-0.15, -0.1) is 0 Å². The molecule has 29 heavy (non-hydrogen) atoms. The van der Waals surface area contributed by atoms with E-state index in [2.05, 4.69) is 5.32 Å². The van der Waals surface area contributed by atoms with Gasteiger partial charge in [0.15, 0.2) is 11.5 Å². The highest BCUT2D eigenvalue weighted by molar-refractivity contribution is 14.1. The Kier molecular flexibility index (Phi) is 6.76. The van der Waals surface area contributed by atoms with Gasteiger partial charge in [0, 0.05) is 5.02 Å². The maximum absolute atomic E-state index is 12.6. The molecular formula is C18H13ClINO6S2. The first-order valence-electron chi connectivity index (χ1n) is 8.11. The minimum atomic E-state index is -4.12. The number of carbonyl (C=O) groups is 2. The Balaban J connectivity index is 1.99. The molecule has 0 radical (unpaired) electrons. The van der Waals surface area contributed by atoms with Crippen LogP contribution in [0.1, 0.15) is 12.5 Å². The van der Waals surface area contributed by atoms with Crippen LogP contribution in [0.3, 0.4) is 0 Å². The monoisotopic (exact) mass is 565 g/mol. The van der Waals surface area contributed by atoms with Crippen LogP contribution in [-0.2, 0) is 14.9 Å². The second kappa shape index (κ2) is 8.94. The number of rotatable bonds is 6. The molecule has 1 heterocycles. The summed E-state index contributed by atoms with van der Waals surface area (Å²) in [6.45, 7) is 2.01. The summed E-state index contributed by atoms with van der Waals surface area (Å²) in [5, 5.41) is 2.13. The average molecular weight is 566 g/mol. The standard InChI is InChI=1S/C18H13ClINO6S2/c1-2-26-14-8-10(9-15-17(22)21-18(23)28-15)7-13(20)16(14)27-29(24,25)12-5-3-11(19)4-6-12/h3-9H,2H2,1H3,(H,21,22,23)/b15-9-. The maximum Gasteiger partial charge on any atom is 0.339 e. The zero-order chi connectivity index (χ0) is 21.2. The lowest BCUT2D eigenvalue weighted by Crippen LogP contribution is -2.17. The maximum atomic E-state index is 12.6. The topological polar surface area (TPSA) is 98.8 Å². The van der Waals surface area contributed by atoms with Crippen molar-refractivity contribution in [2.24, 2.45) is 0 Å². The van der Waals surface area contributed by atoms with E-state index in [0.29, 0.717) is 14.2 Å². The van der Waals surface area contributed by atoms with Crippen molar-refractivity contribution in [3.05, 3.63) is 55.5 Å². The Morgan fingerprint density at radius 3 is 2.48 bits per heavy atom. The highest BCUT2D eigenvalue weighted by Crippen LogP contribution is 2.38. The molecule has 2 aromatic rings. The molecule has 0 bridgehead atoms. The summed E-state index contributed by atoms with van der Waals surface area (Å²) in [5.41, 5.74) is 0.557. The third-order valence-corrected chi connectivity index (χ3v) is 6.67. The summed E-state index contributed by atoms with van der Waals surface area (Å²) in [5.74, 6) is -0.263. The number of hydrogen-bond acceptors (Lipinski definition) is 7. The van der Waals surface area contributed by atoms with Gasteiger partial charge in [-0.05, 0) is 89.3 Å². The van der Waals surface area contributed by atoms with Crippen LogP contribution < -0.4 is 14.2 Å². The number of ether oxygens (including phenoxy) is 1. The fraction of sp³-hybridized carbons (Fsp3) is 0.111. The molecule has 7 nitrogen and oxygen atoms in total. The summed E-state index contributed by atoms with van der Waals surface area (Å²) < 4.78 is 36.6. The fourth-order valence-electron chi connectivity index (χ4n) is 2.35. The predicted molar refractivity (Wildman–Crippen MR) is 119 cm³/mol. The van der Waals surface area contributed by atoms with Crippen molar-refractivity contribution in [2.75, 3.05) is 6.61 Å². The molecule has 0 atom stereocenters. The minimum absolute atomic E-state index is 0.0316. The van der Waals surface area contributed by atoms with Crippen LogP contribution in [-0.4, -0.2) is 26.2 Å². The van der Waals surface area contributed by atoms with E-state index in [-0.39, 0.29) is 27.9 Å². The number of imide groups is 1. The Morgan fingerprint density at radius 2 is 1.90 bits per heavy atom. The van der Waals surface area contributed by atoms with E-state index in [9.17, 15) is 18.0 Å². The van der Waals surface area contributed by atoms with Gasteiger partial charge < -0.3 is 8.92 Å². The highest BCUT2D eigenvalue weighted by atomic mass is 127. The van der Waals surface area contributed by atoms with Gasteiger partial charge in [-0.2, -0.15) is 8.42 Å². The first kappa shape index (κ1) is 21.9. The van der Waals surface area contributed by atoms with Gasteiger partial charge in [-0.1, -0.05) is 11.6 Å². The number of hydrogen-bond donors (Lipinski definition) is 1. The number of halogens is 2. The Hall–Kier alpha value is -1.76. The van der Waals surface area contributed by atoms with Gasteiger partial charge >= 0.3 is 10.1 Å². The number of thioether (sulfide) groups is 1. The van der Waals surface area contributed by atoms with Crippen LogP contribution in [0.2, 0.25) is 5.02 Å². The van der Waals surface area contributed by atoms with Gasteiger partial charge in [-0.25, -0.2) is 0 Å². The third kappa shape index (κ3) is 5.24. The lowest BCUT2D eigenvalue weighted by Gasteiger charge is -2.14. The molecule has 1 aliphatic heterocycles. The van der Waals surface area contributed by atoms with Crippen LogP contribution in [0.5, 0.6) is 11.5 Å². The van der Waals surface area contributed by atoms with E-state index >= 15 is 0 Å². The Bertz CT molecular complexity index is 1120. The van der Waals surface area contributed by atoms with Gasteiger partial charge in [-0.3, -0.25) is 14.9 Å². The molecule has 2 aromatic carbocycles. The van der Waals surface area contributed by atoms with Crippen LogP contribution in [0.4, 0.5) is 4.79 Å². The molecule has 0 aromatic heterocycles. The fourth-order valence-corrected chi connectivity index (χ4v) is 5.00. The molecule has 0 spiro atoms. The largest absolute Gasteiger partial charge is 0.490 e. The Morgan fingerprint density at radius 1 is 1.21 bits per heavy atom. The van der Waals surface area contributed by atoms with Crippen LogP contribution in [0.25, 0.3) is 6.08 Å². The minimum Gasteiger partial charge on any atom is -0.490 e. The zero-order valence-corrected chi connectivity index (χ0v) is 19.3. The zero-order valence-electron chi connectivity index (χ0n) is 14.8. The molecule has 1 aliphatic rings. The number of carbonyl (C=O) groups excluding carboxylic acids is 2. The summed E-state index contributed by atoms with van der Waals surface area (Å²) in [6, 6.07) is 8.76. The first-order valence-corrected chi connectivity index (χ1v) is 11.8. The van der Waals surface area contributed by atoms with Crippen molar-refractivity contribution in [1.29, 1.82) is 0 Å². The summed E-state index contributed by atoms with van der Waals surface area (Å²) in [6.07, 6.45) is 1.52. The molecule has 1 N–H and O–H groups in total. The van der Waals surface area contributed by atoms with E-state index in [4.69, 9.17) is 20.5 Å². The highest BCUT2D eigenvalue weighted by Gasteiger charge is 2.26.